The summed E-state index contributed by atoms with van der Waals surface area (Å²) < 4.78 is 13.0. The summed E-state index contributed by atoms with van der Waals surface area (Å²) in [7, 11) is 4.18. The molecule has 18 heavy (non-hydrogen) atoms. The summed E-state index contributed by atoms with van der Waals surface area (Å²) in [5.74, 6) is -0.199. The van der Waals surface area contributed by atoms with Crippen LogP contribution in [0.15, 0.2) is 24.3 Å². The number of rotatable bonds is 3. The van der Waals surface area contributed by atoms with Crippen molar-refractivity contribution in [3.63, 3.8) is 0 Å². The third-order valence-corrected chi connectivity index (χ3v) is 4.05. The molecule has 1 aliphatic heterocycles. The summed E-state index contributed by atoms with van der Waals surface area (Å²) in [6.45, 7) is 2.70. The molecule has 1 saturated heterocycles. The lowest BCUT2D eigenvalue weighted by atomic mass is 9.87. The molecular weight excluding hydrogens is 229 g/mol. The maximum Gasteiger partial charge on any atom is 0.123 e. The van der Waals surface area contributed by atoms with Gasteiger partial charge in [0.1, 0.15) is 5.82 Å². The van der Waals surface area contributed by atoms with Crippen LogP contribution >= 0.6 is 0 Å². The van der Waals surface area contributed by atoms with Crippen LogP contribution in [0.4, 0.5) is 10.1 Å². The van der Waals surface area contributed by atoms with Crippen molar-refractivity contribution in [3.05, 3.63) is 30.1 Å². The molecule has 1 aromatic rings. The first-order valence-corrected chi connectivity index (χ1v) is 6.45. The van der Waals surface area contributed by atoms with Crippen molar-refractivity contribution in [1.29, 1.82) is 0 Å². The zero-order valence-corrected chi connectivity index (χ0v) is 11.2. The summed E-state index contributed by atoms with van der Waals surface area (Å²) in [5.41, 5.74) is 7.01. The Bertz CT molecular complexity index is 393. The number of likely N-dealkylation sites (tertiary alicyclic amines) is 1. The Morgan fingerprint density at radius 3 is 2.61 bits per heavy atom. The summed E-state index contributed by atoms with van der Waals surface area (Å²) >= 11 is 0. The van der Waals surface area contributed by atoms with E-state index in [9.17, 15) is 4.39 Å². The second-order valence-corrected chi connectivity index (χ2v) is 5.31. The van der Waals surface area contributed by atoms with Crippen molar-refractivity contribution < 1.29 is 4.39 Å². The van der Waals surface area contributed by atoms with E-state index in [4.69, 9.17) is 5.73 Å². The molecule has 100 valence electrons. The SMILES string of the molecule is CN1CCCC(CN)(N(C)c2ccc(F)cc2)C1. The van der Waals surface area contributed by atoms with E-state index in [0.29, 0.717) is 6.54 Å². The van der Waals surface area contributed by atoms with Crippen molar-refractivity contribution in [1.82, 2.24) is 4.90 Å². The van der Waals surface area contributed by atoms with Gasteiger partial charge >= 0.3 is 0 Å². The van der Waals surface area contributed by atoms with Crippen molar-refractivity contribution in [3.8, 4) is 0 Å². The quantitative estimate of drug-likeness (QED) is 0.887. The van der Waals surface area contributed by atoms with Crippen LogP contribution in [0, 0.1) is 5.82 Å². The van der Waals surface area contributed by atoms with Crippen LogP contribution in [0.1, 0.15) is 12.8 Å². The summed E-state index contributed by atoms with van der Waals surface area (Å²) in [6.07, 6.45) is 2.24. The van der Waals surface area contributed by atoms with Gasteiger partial charge in [-0.2, -0.15) is 0 Å². The number of likely N-dealkylation sites (N-methyl/N-ethyl adjacent to an activating group) is 2. The van der Waals surface area contributed by atoms with Gasteiger partial charge in [-0.25, -0.2) is 4.39 Å². The molecule has 1 aliphatic rings. The van der Waals surface area contributed by atoms with E-state index in [0.717, 1.165) is 31.6 Å². The number of nitrogens with zero attached hydrogens (tertiary/aromatic N) is 2. The molecule has 2 rings (SSSR count). The van der Waals surface area contributed by atoms with Crippen LogP contribution < -0.4 is 10.6 Å². The van der Waals surface area contributed by atoms with Crippen LogP contribution in [0.25, 0.3) is 0 Å². The van der Waals surface area contributed by atoms with Gasteiger partial charge < -0.3 is 15.5 Å². The third-order valence-electron chi connectivity index (χ3n) is 4.05. The first-order chi connectivity index (χ1) is 8.57. The molecule has 0 saturated carbocycles. The van der Waals surface area contributed by atoms with Crippen LogP contribution in [0.2, 0.25) is 0 Å². The first kappa shape index (κ1) is 13.3. The molecule has 1 aromatic carbocycles. The highest BCUT2D eigenvalue weighted by Gasteiger charge is 2.37. The second-order valence-electron chi connectivity index (χ2n) is 5.31. The molecule has 4 heteroatoms. The van der Waals surface area contributed by atoms with E-state index in [1.807, 2.05) is 12.1 Å². The molecule has 2 N–H and O–H groups in total. The van der Waals surface area contributed by atoms with Gasteiger partial charge in [-0.3, -0.25) is 0 Å². The Morgan fingerprint density at radius 1 is 1.39 bits per heavy atom. The fraction of sp³-hybridized carbons (Fsp3) is 0.571. The fourth-order valence-electron chi connectivity index (χ4n) is 2.85. The number of benzene rings is 1. The lowest BCUT2D eigenvalue weighted by Crippen LogP contribution is -2.61. The van der Waals surface area contributed by atoms with E-state index in [2.05, 4.69) is 23.9 Å². The summed E-state index contributed by atoms with van der Waals surface area (Å²) in [4.78, 5) is 4.53. The Hall–Kier alpha value is -1.13. The predicted octanol–water partition coefficient (Wildman–Crippen LogP) is 1.68. The van der Waals surface area contributed by atoms with E-state index < -0.39 is 0 Å². The molecule has 1 fully saturated rings. The molecule has 0 spiro atoms. The van der Waals surface area contributed by atoms with Crippen molar-refractivity contribution in [2.24, 2.45) is 5.73 Å². The Kier molecular flexibility index (Phi) is 3.88. The van der Waals surface area contributed by atoms with Crippen LogP contribution in [-0.2, 0) is 0 Å². The summed E-state index contributed by atoms with van der Waals surface area (Å²) in [5, 5.41) is 0. The Balaban J connectivity index is 2.23. The molecule has 0 aromatic heterocycles. The number of halogens is 1. The van der Waals surface area contributed by atoms with Crippen molar-refractivity contribution >= 4 is 5.69 Å². The minimum absolute atomic E-state index is 0.0369. The van der Waals surface area contributed by atoms with Gasteiger partial charge in [0.15, 0.2) is 0 Å². The Morgan fingerprint density at radius 2 is 2.06 bits per heavy atom. The molecule has 1 atom stereocenters. The largest absolute Gasteiger partial charge is 0.366 e. The maximum absolute atomic E-state index is 13.0. The molecule has 0 radical (unpaired) electrons. The van der Waals surface area contributed by atoms with Gasteiger partial charge in [0, 0.05) is 25.8 Å². The molecule has 0 amide bonds. The maximum atomic E-state index is 13.0. The van der Waals surface area contributed by atoms with Crippen molar-refractivity contribution in [2.75, 3.05) is 38.6 Å². The van der Waals surface area contributed by atoms with Gasteiger partial charge in [-0.05, 0) is 50.7 Å². The second kappa shape index (κ2) is 5.24. The molecular formula is C14H22FN3. The van der Waals surface area contributed by atoms with Crippen molar-refractivity contribution in [2.45, 2.75) is 18.4 Å². The third kappa shape index (κ3) is 2.49. The lowest BCUT2D eigenvalue weighted by Gasteiger charge is -2.48. The predicted molar refractivity (Wildman–Crippen MR) is 73.3 cm³/mol. The van der Waals surface area contributed by atoms with E-state index in [-0.39, 0.29) is 11.4 Å². The number of hydrogen-bond acceptors (Lipinski definition) is 3. The molecule has 3 nitrogen and oxygen atoms in total. The number of piperidine rings is 1. The van der Waals surface area contributed by atoms with Gasteiger partial charge in [0.25, 0.3) is 0 Å². The molecule has 0 aliphatic carbocycles. The minimum atomic E-state index is -0.199. The average molecular weight is 251 g/mol. The lowest BCUT2D eigenvalue weighted by molar-refractivity contribution is 0.178. The normalized spacial score (nSPS) is 25.1. The topological polar surface area (TPSA) is 32.5 Å². The molecule has 0 bridgehead atoms. The van der Waals surface area contributed by atoms with Gasteiger partial charge in [-0.15, -0.1) is 0 Å². The van der Waals surface area contributed by atoms with E-state index >= 15 is 0 Å². The Labute approximate surface area is 108 Å². The zero-order valence-electron chi connectivity index (χ0n) is 11.2. The van der Waals surface area contributed by atoms with Crippen LogP contribution in [-0.4, -0.2) is 44.2 Å². The average Bonchev–Trinajstić information content (AvgIpc) is 2.38. The van der Waals surface area contributed by atoms with Crippen LogP contribution in [0.5, 0.6) is 0 Å². The minimum Gasteiger partial charge on any atom is -0.366 e. The number of anilines is 1. The van der Waals surface area contributed by atoms with Crippen LogP contribution in [0.3, 0.4) is 0 Å². The molecule has 1 unspecified atom stereocenters. The highest BCUT2D eigenvalue weighted by atomic mass is 19.1. The standard InChI is InChI=1S/C14H22FN3/c1-17-9-3-8-14(10-16,11-17)18(2)13-6-4-12(15)5-7-13/h4-7H,3,8-11,16H2,1-2H3. The zero-order chi connectivity index (χ0) is 13.2. The number of hydrogen-bond donors (Lipinski definition) is 1. The fourth-order valence-corrected chi connectivity index (χ4v) is 2.85. The van der Waals surface area contributed by atoms with E-state index in [1.165, 1.54) is 12.1 Å². The van der Waals surface area contributed by atoms with Gasteiger partial charge in [0.05, 0.1) is 5.54 Å². The smallest absolute Gasteiger partial charge is 0.123 e. The van der Waals surface area contributed by atoms with E-state index in [1.54, 1.807) is 0 Å². The molecule has 1 heterocycles. The highest BCUT2D eigenvalue weighted by molar-refractivity contribution is 5.48. The summed E-state index contributed by atoms with van der Waals surface area (Å²) in [6, 6.07) is 6.65. The highest BCUT2D eigenvalue weighted by Crippen LogP contribution is 2.29. The first-order valence-electron chi connectivity index (χ1n) is 6.45. The monoisotopic (exact) mass is 251 g/mol. The van der Waals surface area contributed by atoms with Gasteiger partial charge in [-0.1, -0.05) is 0 Å². The number of nitrogens with two attached hydrogens (primary N) is 1. The van der Waals surface area contributed by atoms with Gasteiger partial charge in [0.2, 0.25) is 0 Å².